The van der Waals surface area contributed by atoms with Gasteiger partial charge in [-0.2, -0.15) is 0 Å². The quantitative estimate of drug-likeness (QED) is 0.605. The van der Waals surface area contributed by atoms with Gasteiger partial charge in [0.25, 0.3) is 5.56 Å². The first-order valence-electron chi connectivity index (χ1n) is 10.1. The van der Waals surface area contributed by atoms with Gasteiger partial charge in [0.15, 0.2) is 0 Å². The molecule has 1 aromatic heterocycles. The first-order chi connectivity index (χ1) is 12.3. The zero-order valence-corrected chi connectivity index (χ0v) is 17.2. The predicted molar refractivity (Wildman–Crippen MR) is 114 cm³/mol. The summed E-state index contributed by atoms with van der Waals surface area (Å²) in [7, 11) is 0. The van der Waals surface area contributed by atoms with Crippen LogP contribution >= 0.6 is 23.9 Å². The average molecular weight is 395 g/mol. The molecule has 5 heteroatoms. The van der Waals surface area contributed by atoms with Crippen molar-refractivity contribution in [1.82, 2.24) is 8.86 Å². The highest BCUT2D eigenvalue weighted by Crippen LogP contribution is 2.33. The van der Waals surface area contributed by atoms with Crippen molar-refractivity contribution in [2.24, 2.45) is 11.8 Å². The van der Waals surface area contributed by atoms with Gasteiger partial charge in [-0.1, -0.05) is 36.5 Å². The minimum Gasteiger partial charge on any atom is -0.303 e. The zero-order chi connectivity index (χ0) is 17.1. The van der Waals surface area contributed by atoms with Gasteiger partial charge >= 0.3 is 0 Å². The number of hydrogen-bond acceptors (Lipinski definition) is 3. The number of halogens is 1. The Morgan fingerprint density at radius 2 is 1.50 bits per heavy atom. The van der Waals surface area contributed by atoms with E-state index in [0.29, 0.717) is 0 Å². The predicted octanol–water partition coefficient (Wildman–Crippen LogP) is 5.17. The fourth-order valence-electron chi connectivity index (χ4n) is 4.69. The number of rotatable bonds is 7. The van der Waals surface area contributed by atoms with Crippen molar-refractivity contribution in [2.45, 2.75) is 57.9 Å². The highest BCUT2D eigenvalue weighted by atomic mass is 35.5. The molecule has 1 aliphatic carbocycles. The highest BCUT2D eigenvalue weighted by molar-refractivity contribution is 7.13. The summed E-state index contributed by atoms with van der Waals surface area (Å²) in [6.45, 7) is 4.88. The second kappa shape index (κ2) is 9.38. The highest BCUT2D eigenvalue weighted by Gasteiger charge is 2.28. The minimum absolute atomic E-state index is 0. The van der Waals surface area contributed by atoms with Crippen LogP contribution in [0.25, 0.3) is 10.1 Å². The lowest BCUT2D eigenvalue weighted by atomic mass is 9.84. The molecule has 2 saturated heterocycles. The Balaban J connectivity index is 0.00000196. The van der Waals surface area contributed by atoms with Gasteiger partial charge in [-0.25, -0.2) is 0 Å². The van der Waals surface area contributed by atoms with Crippen LogP contribution in [0.5, 0.6) is 0 Å². The van der Waals surface area contributed by atoms with Crippen molar-refractivity contribution in [3.05, 3.63) is 34.6 Å². The second-order valence-corrected chi connectivity index (χ2v) is 9.12. The Bertz CT molecular complexity index is 734. The molecule has 5 rings (SSSR count). The molecule has 0 amide bonds. The van der Waals surface area contributed by atoms with Gasteiger partial charge < -0.3 is 4.90 Å². The summed E-state index contributed by atoms with van der Waals surface area (Å²) < 4.78 is 3.06. The Labute approximate surface area is 166 Å². The molecule has 2 bridgehead atoms. The molecule has 2 aromatic rings. The van der Waals surface area contributed by atoms with Crippen molar-refractivity contribution in [3.8, 4) is 0 Å². The van der Waals surface area contributed by atoms with Crippen LogP contribution in [0, 0.1) is 11.8 Å². The number of aryl methyl sites for hydroxylation is 1. The third kappa shape index (κ3) is 4.71. The molecule has 3 nitrogen and oxygen atoms in total. The molecule has 144 valence electrons. The summed E-state index contributed by atoms with van der Waals surface area (Å²) in [5.74, 6) is 1.97. The van der Waals surface area contributed by atoms with Gasteiger partial charge in [0.2, 0.25) is 0 Å². The second-order valence-electron chi connectivity index (χ2n) is 8.06. The van der Waals surface area contributed by atoms with E-state index in [1.807, 2.05) is 28.2 Å². The molecule has 2 aliphatic heterocycles. The Morgan fingerprint density at radius 3 is 2.15 bits per heavy atom. The molecule has 0 N–H and O–H groups in total. The Kier molecular flexibility index (Phi) is 7.19. The maximum atomic E-state index is 12.3. The summed E-state index contributed by atoms with van der Waals surface area (Å²) in [5.41, 5.74) is 0.195. The van der Waals surface area contributed by atoms with Gasteiger partial charge in [-0.3, -0.25) is 8.75 Å². The largest absolute Gasteiger partial charge is 0.303 e. The molecule has 0 spiro atoms. The van der Waals surface area contributed by atoms with Crippen molar-refractivity contribution in [2.75, 3.05) is 19.6 Å². The van der Waals surface area contributed by atoms with Crippen LogP contribution in [0.3, 0.4) is 0 Å². The van der Waals surface area contributed by atoms with Crippen molar-refractivity contribution < 1.29 is 0 Å². The lowest BCUT2D eigenvalue weighted by Gasteiger charge is -2.22. The summed E-state index contributed by atoms with van der Waals surface area (Å²) in [4.78, 5) is 15.1. The molecule has 0 unspecified atom stereocenters. The molecular weight excluding hydrogens is 364 g/mol. The van der Waals surface area contributed by atoms with Gasteiger partial charge in [-0.15, -0.1) is 12.4 Å². The maximum absolute atomic E-state index is 12.3. The Morgan fingerprint density at radius 1 is 0.885 bits per heavy atom. The van der Waals surface area contributed by atoms with Crippen LogP contribution in [-0.4, -0.2) is 28.5 Å². The van der Waals surface area contributed by atoms with E-state index in [2.05, 4.69) is 4.90 Å². The molecule has 26 heavy (non-hydrogen) atoms. The number of unbranched alkanes of at least 4 members (excludes halogenated alkanes) is 3. The van der Waals surface area contributed by atoms with Crippen LogP contribution in [0.4, 0.5) is 0 Å². The maximum Gasteiger partial charge on any atom is 0.268 e. The van der Waals surface area contributed by atoms with Crippen molar-refractivity contribution in [3.63, 3.8) is 0 Å². The van der Waals surface area contributed by atoms with E-state index in [9.17, 15) is 4.79 Å². The van der Waals surface area contributed by atoms with Gasteiger partial charge in [0.1, 0.15) is 0 Å². The first kappa shape index (κ1) is 19.9. The van der Waals surface area contributed by atoms with Crippen LogP contribution in [0.2, 0.25) is 0 Å². The molecule has 0 atom stereocenters. The van der Waals surface area contributed by atoms with E-state index in [4.69, 9.17) is 0 Å². The smallest absolute Gasteiger partial charge is 0.268 e. The van der Waals surface area contributed by atoms with Crippen LogP contribution in [0.1, 0.15) is 51.4 Å². The van der Waals surface area contributed by atoms with Crippen molar-refractivity contribution in [1.29, 1.82) is 0 Å². The molecule has 1 aromatic carbocycles. The molecular formula is C21H31ClN2OS. The number of nitrogens with zero attached hydrogens (tertiary/aromatic N) is 2. The lowest BCUT2D eigenvalue weighted by Crippen LogP contribution is -2.29. The normalized spacial score (nSPS) is 23.1. The number of aromatic nitrogens is 1. The van der Waals surface area contributed by atoms with Crippen LogP contribution in [0.15, 0.2) is 29.1 Å². The van der Waals surface area contributed by atoms with Crippen molar-refractivity contribution >= 4 is 34.0 Å². The third-order valence-electron chi connectivity index (χ3n) is 6.14. The van der Waals surface area contributed by atoms with Gasteiger partial charge in [0.05, 0.1) is 10.1 Å². The van der Waals surface area contributed by atoms with E-state index in [1.165, 1.54) is 64.6 Å². The van der Waals surface area contributed by atoms with E-state index in [1.54, 1.807) is 11.5 Å². The number of benzene rings is 1. The van der Waals surface area contributed by atoms with E-state index in [0.717, 1.165) is 34.9 Å². The van der Waals surface area contributed by atoms with E-state index < -0.39 is 0 Å². The van der Waals surface area contributed by atoms with Crippen LogP contribution in [-0.2, 0) is 6.54 Å². The Hall–Kier alpha value is -0.840. The SMILES string of the molecule is Cl.O=c1c2ccccc2sn1CCCCCCN1CC2CCC(CC2)C1. The fourth-order valence-corrected chi connectivity index (χ4v) is 5.73. The first-order valence-corrected chi connectivity index (χ1v) is 10.9. The number of hydrogen-bond donors (Lipinski definition) is 0. The standard InChI is InChI=1S/C21H30N2OS.ClH/c24-21-19-7-3-4-8-20(19)25-23(21)14-6-2-1-5-13-22-15-17-9-10-18(16-22)12-11-17;/h3-4,7-8,17-18H,1-2,5-6,9-16H2;1H. The summed E-state index contributed by atoms with van der Waals surface area (Å²) in [6, 6.07) is 7.96. The summed E-state index contributed by atoms with van der Waals surface area (Å²) in [6.07, 6.45) is 10.9. The molecule has 3 aliphatic rings. The average Bonchev–Trinajstić information content (AvgIpc) is 2.79. The molecule has 3 heterocycles. The minimum atomic E-state index is 0. The molecule has 3 fully saturated rings. The van der Waals surface area contributed by atoms with Gasteiger partial charge in [-0.05, 0) is 69.0 Å². The number of fused-ring (bicyclic) bond motifs is 5. The summed E-state index contributed by atoms with van der Waals surface area (Å²) in [5, 5.41) is 0.878. The summed E-state index contributed by atoms with van der Waals surface area (Å²) >= 11 is 1.62. The molecule has 1 saturated carbocycles. The fraction of sp³-hybridized carbons (Fsp3) is 0.667. The topological polar surface area (TPSA) is 25.2 Å². The van der Waals surface area contributed by atoms with E-state index >= 15 is 0 Å². The lowest BCUT2D eigenvalue weighted by molar-refractivity contribution is 0.246. The third-order valence-corrected chi connectivity index (χ3v) is 7.26. The molecule has 0 radical (unpaired) electrons. The zero-order valence-electron chi connectivity index (χ0n) is 15.6. The monoisotopic (exact) mass is 394 g/mol. The van der Waals surface area contributed by atoms with Crippen LogP contribution < -0.4 is 5.56 Å². The van der Waals surface area contributed by atoms with E-state index in [-0.39, 0.29) is 18.0 Å². The van der Waals surface area contributed by atoms with Gasteiger partial charge in [0, 0.05) is 19.6 Å².